The van der Waals surface area contributed by atoms with Crippen molar-refractivity contribution in [2.45, 2.75) is 17.9 Å². The van der Waals surface area contributed by atoms with Crippen molar-refractivity contribution in [3.05, 3.63) is 40.6 Å². The summed E-state index contributed by atoms with van der Waals surface area (Å²) in [6, 6.07) is 6.58. The van der Waals surface area contributed by atoms with Crippen LogP contribution in [-0.2, 0) is 17.1 Å². The van der Waals surface area contributed by atoms with E-state index in [1.807, 2.05) is 20.0 Å². The Morgan fingerprint density at radius 1 is 1.40 bits per heavy atom. The zero-order valence-corrected chi connectivity index (χ0v) is 13.4. The lowest BCUT2D eigenvalue weighted by Crippen LogP contribution is -2.14. The molecule has 0 fully saturated rings. The number of hydrogen-bond donors (Lipinski definition) is 2. The predicted octanol–water partition coefficient (Wildman–Crippen LogP) is 2.00. The van der Waals surface area contributed by atoms with Crippen LogP contribution in [0, 0.1) is 0 Å². The number of benzene rings is 1. The fraction of sp³-hybridized carbons (Fsp3) is 0.250. The summed E-state index contributed by atoms with van der Waals surface area (Å²) in [7, 11) is -1.82. The van der Waals surface area contributed by atoms with Gasteiger partial charge in [0.1, 0.15) is 0 Å². The van der Waals surface area contributed by atoms with Crippen LogP contribution in [-0.4, -0.2) is 18.2 Å². The maximum Gasteiger partial charge on any atom is 0.238 e. The normalized spacial score (nSPS) is 13.2. The Balaban J connectivity index is 2.25. The van der Waals surface area contributed by atoms with E-state index in [2.05, 4.69) is 26.3 Å². The number of rotatable bonds is 4. The molecule has 0 amide bonds. The van der Waals surface area contributed by atoms with Crippen molar-refractivity contribution in [3.63, 3.8) is 0 Å². The summed E-state index contributed by atoms with van der Waals surface area (Å²) in [5.74, 6) is 0. The van der Waals surface area contributed by atoms with Gasteiger partial charge in [-0.3, -0.25) is 4.68 Å². The first kappa shape index (κ1) is 15.0. The van der Waals surface area contributed by atoms with E-state index in [4.69, 9.17) is 5.14 Å². The zero-order chi connectivity index (χ0) is 14.9. The standard InChI is InChI=1S/C12H15BrN4O2S/c1-8(12-5-6-15-17(12)2)16-11-4-3-9(7-10(11)13)20(14,18)19/h3-8,16H,1-2H3,(H2,14,18,19). The van der Waals surface area contributed by atoms with Crippen molar-refractivity contribution >= 4 is 31.6 Å². The number of aryl methyl sites for hydroxylation is 1. The quantitative estimate of drug-likeness (QED) is 0.874. The molecule has 1 heterocycles. The van der Waals surface area contributed by atoms with Crippen LogP contribution in [0.25, 0.3) is 0 Å². The average molecular weight is 359 g/mol. The molecule has 8 heteroatoms. The minimum absolute atomic E-state index is 0.0270. The number of hydrogen-bond acceptors (Lipinski definition) is 4. The lowest BCUT2D eigenvalue weighted by molar-refractivity contribution is 0.598. The van der Waals surface area contributed by atoms with E-state index in [-0.39, 0.29) is 10.9 Å². The van der Waals surface area contributed by atoms with Gasteiger partial charge in [-0.1, -0.05) is 0 Å². The molecular formula is C12H15BrN4O2S. The number of aromatic nitrogens is 2. The summed E-state index contributed by atoms with van der Waals surface area (Å²) >= 11 is 3.34. The molecule has 0 spiro atoms. The van der Waals surface area contributed by atoms with Crippen LogP contribution in [0.5, 0.6) is 0 Å². The van der Waals surface area contributed by atoms with Gasteiger partial charge >= 0.3 is 0 Å². The molecule has 6 nitrogen and oxygen atoms in total. The molecule has 1 unspecified atom stereocenters. The van der Waals surface area contributed by atoms with Gasteiger partial charge in [-0.05, 0) is 47.1 Å². The second-order valence-corrected chi connectivity index (χ2v) is 6.85. The summed E-state index contributed by atoms with van der Waals surface area (Å²) in [6.45, 7) is 2.00. The van der Waals surface area contributed by atoms with Crippen molar-refractivity contribution in [1.29, 1.82) is 0 Å². The largest absolute Gasteiger partial charge is 0.376 e. The van der Waals surface area contributed by atoms with E-state index in [0.29, 0.717) is 4.47 Å². The average Bonchev–Trinajstić information content (AvgIpc) is 2.76. The van der Waals surface area contributed by atoms with E-state index in [1.165, 1.54) is 12.1 Å². The third kappa shape index (κ3) is 3.20. The molecule has 2 rings (SSSR count). The van der Waals surface area contributed by atoms with E-state index >= 15 is 0 Å². The highest BCUT2D eigenvalue weighted by atomic mass is 79.9. The van der Waals surface area contributed by atoms with Crippen LogP contribution in [0.15, 0.2) is 39.8 Å². The minimum atomic E-state index is -3.69. The Morgan fingerprint density at radius 3 is 2.60 bits per heavy atom. The van der Waals surface area contributed by atoms with Crippen LogP contribution < -0.4 is 10.5 Å². The third-order valence-electron chi connectivity index (χ3n) is 2.94. The van der Waals surface area contributed by atoms with Crippen LogP contribution in [0.4, 0.5) is 5.69 Å². The molecule has 0 saturated carbocycles. The number of anilines is 1. The summed E-state index contributed by atoms with van der Waals surface area (Å²) < 4.78 is 25.0. The Morgan fingerprint density at radius 2 is 2.10 bits per heavy atom. The number of nitrogens with zero attached hydrogens (tertiary/aromatic N) is 2. The fourth-order valence-electron chi connectivity index (χ4n) is 1.91. The van der Waals surface area contributed by atoms with Gasteiger partial charge in [0.2, 0.25) is 10.0 Å². The summed E-state index contributed by atoms with van der Waals surface area (Å²) in [5, 5.41) is 12.5. The molecule has 1 aromatic carbocycles. The second kappa shape index (κ2) is 5.55. The molecular weight excluding hydrogens is 344 g/mol. The molecule has 3 N–H and O–H groups in total. The van der Waals surface area contributed by atoms with Crippen molar-refractivity contribution < 1.29 is 8.42 Å². The fourth-order valence-corrected chi connectivity index (χ4v) is 3.09. The van der Waals surface area contributed by atoms with Crippen molar-refractivity contribution in [3.8, 4) is 0 Å². The smallest absolute Gasteiger partial charge is 0.238 e. The lowest BCUT2D eigenvalue weighted by atomic mass is 10.2. The van der Waals surface area contributed by atoms with Crippen molar-refractivity contribution in [2.75, 3.05) is 5.32 Å². The molecule has 0 bridgehead atoms. The van der Waals surface area contributed by atoms with Gasteiger partial charge in [0.15, 0.2) is 0 Å². The highest BCUT2D eigenvalue weighted by Gasteiger charge is 2.13. The highest BCUT2D eigenvalue weighted by molar-refractivity contribution is 9.10. The first-order valence-electron chi connectivity index (χ1n) is 5.86. The highest BCUT2D eigenvalue weighted by Crippen LogP contribution is 2.28. The molecule has 20 heavy (non-hydrogen) atoms. The molecule has 1 atom stereocenters. The van der Waals surface area contributed by atoms with E-state index < -0.39 is 10.0 Å². The van der Waals surface area contributed by atoms with Gasteiger partial charge in [0, 0.05) is 23.4 Å². The van der Waals surface area contributed by atoms with Crippen molar-refractivity contribution in [2.24, 2.45) is 12.2 Å². The van der Waals surface area contributed by atoms with Crippen LogP contribution in [0.2, 0.25) is 0 Å². The Hall–Kier alpha value is -1.38. The summed E-state index contributed by atoms with van der Waals surface area (Å²) in [4.78, 5) is 0.0723. The van der Waals surface area contributed by atoms with E-state index in [0.717, 1.165) is 11.4 Å². The molecule has 0 saturated heterocycles. The van der Waals surface area contributed by atoms with Gasteiger partial charge in [-0.2, -0.15) is 5.10 Å². The topological polar surface area (TPSA) is 90.0 Å². The van der Waals surface area contributed by atoms with Gasteiger partial charge < -0.3 is 5.32 Å². The predicted molar refractivity (Wildman–Crippen MR) is 80.8 cm³/mol. The van der Waals surface area contributed by atoms with Crippen molar-refractivity contribution in [1.82, 2.24) is 9.78 Å². The Bertz CT molecular complexity index is 727. The maximum absolute atomic E-state index is 11.3. The van der Waals surface area contributed by atoms with Gasteiger partial charge in [-0.15, -0.1) is 0 Å². The Kier molecular flexibility index (Phi) is 4.17. The van der Waals surface area contributed by atoms with Gasteiger partial charge in [-0.25, -0.2) is 13.6 Å². The Labute approximate surface area is 126 Å². The summed E-state index contributed by atoms with van der Waals surface area (Å²) in [5.41, 5.74) is 1.80. The third-order valence-corrected chi connectivity index (χ3v) is 4.51. The molecule has 1 aromatic heterocycles. The van der Waals surface area contributed by atoms with E-state index in [9.17, 15) is 8.42 Å². The van der Waals surface area contributed by atoms with Crippen LogP contribution in [0.3, 0.4) is 0 Å². The number of nitrogens with one attached hydrogen (secondary N) is 1. The number of sulfonamides is 1. The number of nitrogens with two attached hydrogens (primary N) is 1. The van der Waals surface area contributed by atoms with Gasteiger partial charge in [0.05, 0.1) is 16.6 Å². The molecule has 2 aromatic rings. The minimum Gasteiger partial charge on any atom is -0.376 e. The molecule has 0 radical (unpaired) electrons. The zero-order valence-electron chi connectivity index (χ0n) is 11.0. The van der Waals surface area contributed by atoms with E-state index in [1.54, 1.807) is 16.9 Å². The first-order valence-corrected chi connectivity index (χ1v) is 8.20. The van der Waals surface area contributed by atoms with Crippen LogP contribution >= 0.6 is 15.9 Å². The molecule has 108 valence electrons. The first-order chi connectivity index (χ1) is 9.29. The van der Waals surface area contributed by atoms with Gasteiger partial charge in [0.25, 0.3) is 0 Å². The lowest BCUT2D eigenvalue weighted by Gasteiger charge is -2.17. The summed E-state index contributed by atoms with van der Waals surface area (Å²) in [6.07, 6.45) is 1.73. The number of halogens is 1. The number of primary sulfonamides is 1. The monoisotopic (exact) mass is 358 g/mol. The molecule has 0 aliphatic rings. The molecule has 0 aliphatic carbocycles. The SMILES string of the molecule is CC(Nc1ccc(S(N)(=O)=O)cc1Br)c1ccnn1C. The maximum atomic E-state index is 11.3. The molecule has 0 aliphatic heterocycles. The second-order valence-electron chi connectivity index (χ2n) is 4.43. The van der Waals surface area contributed by atoms with Crippen LogP contribution in [0.1, 0.15) is 18.7 Å².